The first-order valence-electron chi connectivity index (χ1n) is 3.72. The molecule has 4 nitrogen and oxygen atoms in total. The van der Waals surface area contributed by atoms with E-state index in [0.29, 0.717) is 5.56 Å². The van der Waals surface area contributed by atoms with Crippen molar-refractivity contribution in [3.8, 4) is 0 Å². The molecule has 0 bridgehead atoms. The fourth-order valence-electron chi connectivity index (χ4n) is 0.902. The predicted molar refractivity (Wildman–Crippen MR) is 53.0 cm³/mol. The summed E-state index contributed by atoms with van der Waals surface area (Å²) >= 11 is 1.45. The average molecular weight is 197 g/mol. The van der Waals surface area contributed by atoms with E-state index in [1.807, 2.05) is 19.2 Å². The molecule has 0 radical (unpaired) electrons. The number of carbonyl (C=O) groups is 1. The number of carbonyl (C=O) groups excluding carboxylic acids is 1. The summed E-state index contributed by atoms with van der Waals surface area (Å²) in [5.74, 6) is 4.73. The minimum atomic E-state index is -0.279. The van der Waals surface area contributed by atoms with E-state index in [9.17, 15) is 4.79 Å². The lowest BCUT2D eigenvalue weighted by Crippen LogP contribution is -2.29. The van der Waals surface area contributed by atoms with E-state index in [-0.39, 0.29) is 5.91 Å². The molecular weight excluding hydrogens is 186 g/mol. The van der Waals surface area contributed by atoms with Crippen molar-refractivity contribution < 1.29 is 4.79 Å². The standard InChI is InChI=1S/C8H11N3OS/c1-10-13-7-4-2-3-6(5-7)8(12)11-9/h2-5,10H,9H2,1H3,(H,11,12). The molecule has 13 heavy (non-hydrogen) atoms. The topological polar surface area (TPSA) is 67.2 Å². The van der Waals surface area contributed by atoms with Gasteiger partial charge in [-0.2, -0.15) is 0 Å². The minimum absolute atomic E-state index is 0.279. The SMILES string of the molecule is CNSc1cccc(C(=O)NN)c1. The molecule has 0 spiro atoms. The summed E-state index contributed by atoms with van der Waals surface area (Å²) in [4.78, 5) is 12.1. The number of nitrogen functional groups attached to an aromatic ring is 1. The third-order valence-corrected chi connectivity index (χ3v) is 2.14. The third kappa shape index (κ3) is 2.73. The molecule has 1 aromatic rings. The molecule has 0 aliphatic heterocycles. The molecule has 4 N–H and O–H groups in total. The number of hydrazine groups is 1. The number of nitrogens with two attached hydrogens (primary N) is 1. The van der Waals surface area contributed by atoms with E-state index in [4.69, 9.17) is 5.84 Å². The Labute approximate surface area is 81.0 Å². The van der Waals surface area contributed by atoms with Crippen LogP contribution in [0.1, 0.15) is 10.4 Å². The molecule has 1 amide bonds. The zero-order chi connectivity index (χ0) is 9.68. The molecule has 0 aliphatic carbocycles. The fraction of sp³-hybridized carbons (Fsp3) is 0.125. The summed E-state index contributed by atoms with van der Waals surface area (Å²) in [6, 6.07) is 7.20. The maximum Gasteiger partial charge on any atom is 0.265 e. The molecule has 1 rings (SSSR count). The minimum Gasteiger partial charge on any atom is -0.290 e. The second-order valence-corrected chi connectivity index (χ2v) is 3.39. The zero-order valence-corrected chi connectivity index (χ0v) is 8.02. The maximum atomic E-state index is 11.1. The first-order chi connectivity index (χ1) is 6.27. The summed E-state index contributed by atoms with van der Waals surface area (Å²) < 4.78 is 2.92. The summed E-state index contributed by atoms with van der Waals surface area (Å²) in [7, 11) is 1.82. The maximum absolute atomic E-state index is 11.1. The predicted octanol–water partition coefficient (Wildman–Crippen LogP) is 0.517. The van der Waals surface area contributed by atoms with Gasteiger partial charge in [0.25, 0.3) is 5.91 Å². The van der Waals surface area contributed by atoms with Gasteiger partial charge in [0, 0.05) is 10.5 Å². The largest absolute Gasteiger partial charge is 0.290 e. The zero-order valence-electron chi connectivity index (χ0n) is 7.20. The van der Waals surface area contributed by atoms with Crippen molar-refractivity contribution in [2.24, 2.45) is 5.84 Å². The first-order valence-corrected chi connectivity index (χ1v) is 4.54. The van der Waals surface area contributed by atoms with Gasteiger partial charge in [-0.1, -0.05) is 6.07 Å². The number of nitrogens with one attached hydrogen (secondary N) is 2. The second-order valence-electron chi connectivity index (χ2n) is 2.31. The lowest BCUT2D eigenvalue weighted by Gasteiger charge is -2.02. The van der Waals surface area contributed by atoms with E-state index in [2.05, 4.69) is 10.1 Å². The van der Waals surface area contributed by atoms with Gasteiger partial charge in [-0.05, 0) is 37.2 Å². The highest BCUT2D eigenvalue weighted by Gasteiger charge is 2.03. The first kappa shape index (κ1) is 10.0. The molecule has 1 aromatic carbocycles. The van der Waals surface area contributed by atoms with Gasteiger partial charge in [-0.3, -0.25) is 14.9 Å². The van der Waals surface area contributed by atoms with Gasteiger partial charge in [-0.25, -0.2) is 5.84 Å². The van der Waals surface area contributed by atoms with Crippen LogP contribution in [0.15, 0.2) is 29.2 Å². The number of benzene rings is 1. The number of hydrogen-bond donors (Lipinski definition) is 3. The number of amides is 1. The molecule has 0 unspecified atom stereocenters. The van der Waals surface area contributed by atoms with Crippen molar-refractivity contribution in [1.82, 2.24) is 10.1 Å². The molecule has 0 heterocycles. The Hall–Kier alpha value is -1.04. The smallest absolute Gasteiger partial charge is 0.265 e. The molecular formula is C8H11N3OS. The van der Waals surface area contributed by atoms with Crippen molar-refractivity contribution in [3.63, 3.8) is 0 Å². The van der Waals surface area contributed by atoms with Crippen LogP contribution in [0.5, 0.6) is 0 Å². The van der Waals surface area contributed by atoms with Crippen molar-refractivity contribution in [2.45, 2.75) is 4.90 Å². The molecule has 0 saturated heterocycles. The Morgan fingerprint density at radius 3 is 2.92 bits per heavy atom. The molecule has 0 aromatic heterocycles. The van der Waals surface area contributed by atoms with E-state index in [1.54, 1.807) is 12.1 Å². The quantitative estimate of drug-likeness (QED) is 0.286. The van der Waals surface area contributed by atoms with Gasteiger partial charge in [0.2, 0.25) is 0 Å². The Bertz CT molecular complexity index is 303. The molecule has 0 fully saturated rings. The lowest BCUT2D eigenvalue weighted by molar-refractivity contribution is 0.0953. The number of rotatable bonds is 3. The van der Waals surface area contributed by atoms with Crippen molar-refractivity contribution in [3.05, 3.63) is 29.8 Å². The van der Waals surface area contributed by atoms with Gasteiger partial charge in [0.1, 0.15) is 0 Å². The van der Waals surface area contributed by atoms with Crippen LogP contribution in [0, 0.1) is 0 Å². The molecule has 0 atom stereocenters. The summed E-state index contributed by atoms with van der Waals surface area (Å²) in [5, 5.41) is 0. The van der Waals surface area contributed by atoms with Crippen molar-refractivity contribution >= 4 is 17.9 Å². The van der Waals surface area contributed by atoms with Gasteiger partial charge in [0.05, 0.1) is 0 Å². The van der Waals surface area contributed by atoms with Gasteiger partial charge in [0.15, 0.2) is 0 Å². The highest BCUT2D eigenvalue weighted by molar-refractivity contribution is 7.97. The van der Waals surface area contributed by atoms with Crippen LogP contribution in [0.3, 0.4) is 0 Å². The van der Waals surface area contributed by atoms with Crippen LogP contribution in [-0.2, 0) is 0 Å². The van der Waals surface area contributed by atoms with Crippen molar-refractivity contribution in [1.29, 1.82) is 0 Å². The Morgan fingerprint density at radius 2 is 2.31 bits per heavy atom. The highest BCUT2D eigenvalue weighted by Crippen LogP contribution is 2.15. The van der Waals surface area contributed by atoms with Crippen LogP contribution in [0.2, 0.25) is 0 Å². The van der Waals surface area contributed by atoms with Gasteiger partial charge >= 0.3 is 0 Å². The van der Waals surface area contributed by atoms with Gasteiger partial charge < -0.3 is 0 Å². The van der Waals surface area contributed by atoms with E-state index in [1.165, 1.54) is 11.9 Å². The summed E-state index contributed by atoms with van der Waals surface area (Å²) in [6.07, 6.45) is 0. The highest BCUT2D eigenvalue weighted by atomic mass is 32.2. The Kier molecular flexibility index (Phi) is 3.75. The lowest BCUT2D eigenvalue weighted by atomic mass is 10.2. The van der Waals surface area contributed by atoms with E-state index < -0.39 is 0 Å². The van der Waals surface area contributed by atoms with Crippen molar-refractivity contribution in [2.75, 3.05) is 7.05 Å². The normalized spacial score (nSPS) is 9.69. The third-order valence-electron chi connectivity index (χ3n) is 1.45. The molecule has 70 valence electrons. The fourth-order valence-corrected chi connectivity index (χ4v) is 1.47. The summed E-state index contributed by atoms with van der Waals surface area (Å²) in [6.45, 7) is 0. The second kappa shape index (κ2) is 4.86. The summed E-state index contributed by atoms with van der Waals surface area (Å²) in [5.41, 5.74) is 2.64. The Morgan fingerprint density at radius 1 is 1.54 bits per heavy atom. The Balaban J connectivity index is 2.85. The average Bonchev–Trinajstić information content (AvgIpc) is 2.18. The van der Waals surface area contributed by atoms with Crippen LogP contribution in [-0.4, -0.2) is 13.0 Å². The van der Waals surface area contributed by atoms with E-state index >= 15 is 0 Å². The van der Waals surface area contributed by atoms with Crippen LogP contribution < -0.4 is 16.0 Å². The monoisotopic (exact) mass is 197 g/mol. The molecule has 5 heteroatoms. The van der Waals surface area contributed by atoms with Crippen LogP contribution in [0.25, 0.3) is 0 Å². The number of hydrogen-bond acceptors (Lipinski definition) is 4. The molecule has 0 saturated carbocycles. The van der Waals surface area contributed by atoms with Crippen LogP contribution >= 0.6 is 11.9 Å². The van der Waals surface area contributed by atoms with E-state index in [0.717, 1.165) is 4.90 Å². The van der Waals surface area contributed by atoms with Gasteiger partial charge in [-0.15, -0.1) is 0 Å². The molecule has 0 aliphatic rings. The van der Waals surface area contributed by atoms with Crippen LogP contribution in [0.4, 0.5) is 0 Å².